The molecule has 2 rings (SSSR count). The Balaban J connectivity index is 2.00. The molecule has 0 spiro atoms. The SMILES string of the molecule is Cc1cccc(N2CCCC(NC(=O)OC(C)(C)C)C2)c1N. The zero-order valence-corrected chi connectivity index (χ0v) is 14.0. The van der Waals surface area contributed by atoms with Gasteiger partial charge >= 0.3 is 6.09 Å². The first-order valence-corrected chi connectivity index (χ1v) is 7.86. The molecule has 1 saturated heterocycles. The van der Waals surface area contributed by atoms with Gasteiger partial charge in [0.25, 0.3) is 0 Å². The topological polar surface area (TPSA) is 67.6 Å². The second kappa shape index (κ2) is 6.46. The predicted octanol–water partition coefficient (Wildman–Crippen LogP) is 3.07. The van der Waals surface area contributed by atoms with Gasteiger partial charge in [0.05, 0.1) is 11.4 Å². The van der Waals surface area contributed by atoms with Crippen molar-refractivity contribution in [2.45, 2.75) is 52.2 Å². The maximum Gasteiger partial charge on any atom is 0.407 e. The molecule has 1 fully saturated rings. The van der Waals surface area contributed by atoms with E-state index in [1.165, 1.54) is 0 Å². The Kier molecular flexibility index (Phi) is 4.84. The van der Waals surface area contributed by atoms with E-state index in [1.807, 2.05) is 45.9 Å². The molecule has 0 radical (unpaired) electrons. The summed E-state index contributed by atoms with van der Waals surface area (Å²) in [6, 6.07) is 6.16. The van der Waals surface area contributed by atoms with E-state index in [2.05, 4.69) is 10.2 Å². The average Bonchev–Trinajstić information content (AvgIpc) is 2.40. The van der Waals surface area contributed by atoms with E-state index >= 15 is 0 Å². The fourth-order valence-corrected chi connectivity index (χ4v) is 2.73. The third-order valence-electron chi connectivity index (χ3n) is 3.78. The Bertz CT molecular complexity index is 537. The number of nitrogen functional groups attached to an aromatic ring is 1. The maximum atomic E-state index is 11.9. The van der Waals surface area contributed by atoms with Crippen LogP contribution < -0.4 is 16.0 Å². The van der Waals surface area contributed by atoms with Crippen molar-refractivity contribution in [2.24, 2.45) is 0 Å². The number of para-hydroxylation sites is 1. The third kappa shape index (κ3) is 4.29. The molecule has 0 aliphatic carbocycles. The van der Waals surface area contributed by atoms with E-state index in [0.29, 0.717) is 0 Å². The van der Waals surface area contributed by atoms with Crippen molar-refractivity contribution in [3.8, 4) is 0 Å². The lowest BCUT2D eigenvalue weighted by atomic mass is 10.0. The predicted molar refractivity (Wildman–Crippen MR) is 90.2 cm³/mol. The van der Waals surface area contributed by atoms with Gasteiger partial charge < -0.3 is 20.7 Å². The number of hydrogen-bond acceptors (Lipinski definition) is 4. The molecular weight excluding hydrogens is 278 g/mol. The number of carbonyl (C=O) groups excluding carboxylic acids is 1. The second-order valence-electron chi connectivity index (χ2n) is 6.94. The molecule has 1 aliphatic heterocycles. The first-order chi connectivity index (χ1) is 10.3. The van der Waals surface area contributed by atoms with Crippen LogP contribution in [0.15, 0.2) is 18.2 Å². The molecule has 1 heterocycles. The van der Waals surface area contributed by atoms with Crippen molar-refractivity contribution < 1.29 is 9.53 Å². The van der Waals surface area contributed by atoms with Crippen LogP contribution in [0.2, 0.25) is 0 Å². The molecule has 22 heavy (non-hydrogen) atoms. The van der Waals surface area contributed by atoms with Crippen LogP contribution in [-0.2, 0) is 4.74 Å². The minimum Gasteiger partial charge on any atom is -0.444 e. The van der Waals surface area contributed by atoms with Crippen LogP contribution in [-0.4, -0.2) is 30.8 Å². The highest BCUT2D eigenvalue weighted by Gasteiger charge is 2.25. The van der Waals surface area contributed by atoms with Crippen molar-refractivity contribution in [1.29, 1.82) is 0 Å². The Labute approximate surface area is 132 Å². The summed E-state index contributed by atoms with van der Waals surface area (Å²) in [6.45, 7) is 9.33. The van der Waals surface area contributed by atoms with E-state index in [1.54, 1.807) is 0 Å². The number of hydrogen-bond donors (Lipinski definition) is 2. The summed E-state index contributed by atoms with van der Waals surface area (Å²) in [6.07, 6.45) is 1.63. The molecule has 122 valence electrons. The lowest BCUT2D eigenvalue weighted by Gasteiger charge is -2.35. The Morgan fingerprint density at radius 2 is 2.14 bits per heavy atom. The van der Waals surface area contributed by atoms with Crippen LogP contribution in [0.4, 0.5) is 16.2 Å². The number of nitrogens with zero attached hydrogens (tertiary/aromatic N) is 1. The molecule has 5 heteroatoms. The Morgan fingerprint density at radius 1 is 1.41 bits per heavy atom. The molecule has 1 amide bonds. The largest absolute Gasteiger partial charge is 0.444 e. The van der Waals surface area contributed by atoms with E-state index in [9.17, 15) is 4.79 Å². The number of carbonyl (C=O) groups is 1. The average molecular weight is 305 g/mol. The number of alkyl carbamates (subject to hydrolysis) is 1. The number of anilines is 2. The monoisotopic (exact) mass is 305 g/mol. The number of aryl methyl sites for hydroxylation is 1. The van der Waals surface area contributed by atoms with E-state index in [-0.39, 0.29) is 12.1 Å². The van der Waals surface area contributed by atoms with Crippen LogP contribution in [0.25, 0.3) is 0 Å². The van der Waals surface area contributed by atoms with E-state index in [4.69, 9.17) is 10.5 Å². The van der Waals surface area contributed by atoms with Crippen molar-refractivity contribution >= 4 is 17.5 Å². The summed E-state index contributed by atoms with van der Waals surface area (Å²) in [5.41, 5.74) is 8.67. The maximum absolute atomic E-state index is 11.9. The minimum atomic E-state index is -0.473. The summed E-state index contributed by atoms with van der Waals surface area (Å²) in [5, 5.41) is 2.97. The van der Waals surface area contributed by atoms with Gasteiger partial charge in [0, 0.05) is 19.1 Å². The lowest BCUT2D eigenvalue weighted by Crippen LogP contribution is -2.49. The molecule has 3 N–H and O–H groups in total. The third-order valence-corrected chi connectivity index (χ3v) is 3.78. The van der Waals surface area contributed by atoms with Crippen molar-refractivity contribution in [3.63, 3.8) is 0 Å². The molecule has 1 aliphatic rings. The quantitative estimate of drug-likeness (QED) is 0.824. The minimum absolute atomic E-state index is 0.0866. The highest BCUT2D eigenvalue weighted by atomic mass is 16.6. The summed E-state index contributed by atoms with van der Waals surface area (Å²) >= 11 is 0. The zero-order valence-electron chi connectivity index (χ0n) is 14.0. The highest BCUT2D eigenvalue weighted by molar-refractivity contribution is 5.72. The van der Waals surface area contributed by atoms with Crippen molar-refractivity contribution in [1.82, 2.24) is 5.32 Å². The molecule has 0 bridgehead atoms. The van der Waals surface area contributed by atoms with Gasteiger partial charge in [0.2, 0.25) is 0 Å². The second-order valence-corrected chi connectivity index (χ2v) is 6.94. The number of nitrogens with two attached hydrogens (primary N) is 1. The number of nitrogens with one attached hydrogen (secondary N) is 1. The summed E-state index contributed by atoms with van der Waals surface area (Å²) in [5.74, 6) is 0. The molecule has 0 aromatic heterocycles. The molecule has 1 atom stereocenters. The normalized spacial score (nSPS) is 18.9. The number of rotatable bonds is 2. The summed E-state index contributed by atoms with van der Waals surface area (Å²) in [4.78, 5) is 14.2. The van der Waals surface area contributed by atoms with Gasteiger partial charge in [-0.3, -0.25) is 0 Å². The Hall–Kier alpha value is -1.91. The molecule has 1 unspecified atom stereocenters. The highest BCUT2D eigenvalue weighted by Crippen LogP contribution is 2.28. The standard InChI is InChI=1S/C17H27N3O2/c1-12-7-5-9-14(15(12)18)20-10-6-8-13(11-20)19-16(21)22-17(2,3)4/h5,7,9,13H,6,8,10-11,18H2,1-4H3,(H,19,21). The number of piperidine rings is 1. The van der Waals surface area contributed by atoms with E-state index in [0.717, 1.165) is 42.9 Å². The number of benzene rings is 1. The zero-order chi connectivity index (χ0) is 16.3. The number of amides is 1. The summed E-state index contributed by atoms with van der Waals surface area (Å²) in [7, 11) is 0. The fourth-order valence-electron chi connectivity index (χ4n) is 2.73. The van der Waals surface area contributed by atoms with Gasteiger partial charge in [0.15, 0.2) is 0 Å². The van der Waals surface area contributed by atoms with Crippen LogP contribution in [0, 0.1) is 6.92 Å². The molecule has 0 saturated carbocycles. The Morgan fingerprint density at radius 3 is 2.82 bits per heavy atom. The first kappa shape index (κ1) is 16.5. The molecule has 5 nitrogen and oxygen atoms in total. The van der Waals surface area contributed by atoms with Crippen LogP contribution in [0.3, 0.4) is 0 Å². The van der Waals surface area contributed by atoms with Crippen molar-refractivity contribution in [3.05, 3.63) is 23.8 Å². The number of ether oxygens (including phenoxy) is 1. The van der Waals surface area contributed by atoms with Crippen LogP contribution >= 0.6 is 0 Å². The van der Waals surface area contributed by atoms with Gasteiger partial charge in [-0.25, -0.2) is 4.79 Å². The van der Waals surface area contributed by atoms with Crippen molar-refractivity contribution in [2.75, 3.05) is 23.7 Å². The van der Waals surface area contributed by atoms with Gasteiger partial charge in [-0.05, 0) is 52.2 Å². The lowest BCUT2D eigenvalue weighted by molar-refractivity contribution is 0.0500. The van der Waals surface area contributed by atoms with Crippen LogP contribution in [0.5, 0.6) is 0 Å². The fraction of sp³-hybridized carbons (Fsp3) is 0.588. The van der Waals surface area contributed by atoms with Gasteiger partial charge in [0.1, 0.15) is 5.60 Å². The van der Waals surface area contributed by atoms with E-state index < -0.39 is 5.60 Å². The van der Waals surface area contributed by atoms with Gasteiger partial charge in [-0.1, -0.05) is 12.1 Å². The first-order valence-electron chi connectivity index (χ1n) is 7.86. The van der Waals surface area contributed by atoms with Gasteiger partial charge in [-0.2, -0.15) is 0 Å². The molecule has 1 aromatic carbocycles. The van der Waals surface area contributed by atoms with Gasteiger partial charge in [-0.15, -0.1) is 0 Å². The van der Waals surface area contributed by atoms with Crippen LogP contribution in [0.1, 0.15) is 39.2 Å². The molecule has 1 aromatic rings. The molecular formula is C17H27N3O2. The smallest absolute Gasteiger partial charge is 0.407 e. The summed E-state index contributed by atoms with van der Waals surface area (Å²) < 4.78 is 5.33.